The third-order valence-corrected chi connectivity index (χ3v) is 5.06. The fourth-order valence-electron chi connectivity index (χ4n) is 2.60. The average molecular weight is 535 g/mol. The second-order valence-corrected chi connectivity index (χ2v) is 8.56. The highest BCUT2D eigenvalue weighted by molar-refractivity contribution is 9.10. The molecule has 1 rings (SSSR count). The predicted molar refractivity (Wildman–Crippen MR) is 135 cm³/mol. The van der Waals surface area contributed by atoms with E-state index in [-0.39, 0.29) is 0 Å². The van der Waals surface area contributed by atoms with Gasteiger partial charge in [-0.15, -0.1) is 0 Å². The van der Waals surface area contributed by atoms with Gasteiger partial charge in [0.25, 0.3) is 0 Å². The van der Waals surface area contributed by atoms with Crippen LogP contribution in [0.15, 0.2) is 4.73 Å². The topological polar surface area (TPSA) is 82.1 Å². The summed E-state index contributed by atoms with van der Waals surface area (Å²) in [5, 5.41) is 0. The summed E-state index contributed by atoms with van der Waals surface area (Å²) in [4.78, 5) is 17.4. The Morgan fingerprint density at radius 2 is 0.848 bits per heavy atom. The summed E-state index contributed by atoms with van der Waals surface area (Å²) in [7, 11) is 0. The van der Waals surface area contributed by atoms with Crippen LogP contribution in [0.25, 0.3) is 0 Å². The molecule has 0 aromatic carbocycles. The van der Waals surface area contributed by atoms with Crippen LogP contribution >= 0.6 is 15.9 Å². The number of anilines is 2. The molecule has 1 aromatic heterocycles. The van der Waals surface area contributed by atoms with Crippen LogP contribution in [-0.4, -0.2) is 68.3 Å². The number of unbranched alkanes of at least 4 members (excludes halogenated alkanes) is 4. The molecule has 1 aromatic rings. The largest absolute Gasteiger partial charge is 0.361 e. The first-order valence-electron chi connectivity index (χ1n) is 12.4. The summed E-state index contributed by atoms with van der Waals surface area (Å²) in [6.45, 7) is 12.7. The normalized spacial score (nSPS) is 11.2. The molecule has 0 aliphatic heterocycles. The summed E-state index contributed by atoms with van der Waals surface area (Å²) in [5.41, 5.74) is 0. The number of rotatable bonds is 22. The van der Waals surface area contributed by atoms with Gasteiger partial charge in [-0.05, 0) is 41.6 Å². The van der Waals surface area contributed by atoms with Crippen LogP contribution in [-0.2, 0) is 18.9 Å². The van der Waals surface area contributed by atoms with Crippen LogP contribution in [0.1, 0.15) is 79.1 Å². The lowest BCUT2D eigenvalue weighted by Gasteiger charge is -2.26. The van der Waals surface area contributed by atoms with Gasteiger partial charge in [0, 0.05) is 26.4 Å². The van der Waals surface area contributed by atoms with Gasteiger partial charge in [0.2, 0.25) is 16.6 Å². The summed E-state index contributed by atoms with van der Waals surface area (Å²) in [5.74, 6) is 0.985. The molecule has 0 fully saturated rings. The zero-order chi connectivity index (χ0) is 24.2. The van der Waals surface area contributed by atoms with Gasteiger partial charge in [0.15, 0.2) is 0 Å². The van der Waals surface area contributed by atoms with Gasteiger partial charge >= 0.3 is 0 Å². The smallest absolute Gasteiger partial charge is 0.234 e. The molecule has 0 atom stereocenters. The van der Waals surface area contributed by atoms with Crippen molar-refractivity contribution in [1.82, 2.24) is 15.0 Å². The van der Waals surface area contributed by atoms with E-state index in [0.717, 1.165) is 51.4 Å². The van der Waals surface area contributed by atoms with E-state index >= 15 is 0 Å². The Balaban J connectivity index is 2.96. The van der Waals surface area contributed by atoms with Gasteiger partial charge in [-0.2, -0.15) is 15.0 Å². The lowest BCUT2D eigenvalue weighted by atomic mass is 10.4. The van der Waals surface area contributed by atoms with E-state index in [1.165, 1.54) is 0 Å². The first-order chi connectivity index (χ1) is 16.2. The van der Waals surface area contributed by atoms with Crippen molar-refractivity contribution in [3.05, 3.63) is 4.73 Å². The van der Waals surface area contributed by atoms with Crippen molar-refractivity contribution in [2.45, 2.75) is 79.1 Å². The van der Waals surface area contributed by atoms with Crippen molar-refractivity contribution in [3.63, 3.8) is 0 Å². The Bertz CT molecular complexity index is 530. The maximum atomic E-state index is 5.84. The maximum absolute atomic E-state index is 5.84. The highest BCUT2D eigenvalue weighted by Gasteiger charge is 2.18. The highest BCUT2D eigenvalue weighted by Crippen LogP contribution is 2.18. The van der Waals surface area contributed by atoms with Gasteiger partial charge in [0.05, 0.1) is 0 Å². The van der Waals surface area contributed by atoms with Gasteiger partial charge < -0.3 is 18.9 Å². The molecule has 192 valence electrons. The van der Waals surface area contributed by atoms with E-state index < -0.39 is 0 Å². The van der Waals surface area contributed by atoms with Crippen LogP contribution in [0.4, 0.5) is 11.9 Å². The molecule has 0 N–H and O–H groups in total. The number of halogens is 1. The molecular formula is C23H44BrN5O4. The molecule has 0 saturated carbocycles. The average Bonchev–Trinajstić information content (AvgIpc) is 2.81. The van der Waals surface area contributed by atoms with Crippen molar-refractivity contribution in [2.24, 2.45) is 0 Å². The van der Waals surface area contributed by atoms with Crippen LogP contribution in [0.5, 0.6) is 0 Å². The third kappa shape index (κ3) is 14.0. The minimum Gasteiger partial charge on any atom is -0.361 e. The zero-order valence-electron chi connectivity index (χ0n) is 21.1. The molecular weight excluding hydrogens is 490 g/mol. The Morgan fingerprint density at radius 1 is 0.545 bits per heavy atom. The molecule has 33 heavy (non-hydrogen) atoms. The Morgan fingerprint density at radius 3 is 1.12 bits per heavy atom. The minimum atomic E-state index is 0.349. The van der Waals surface area contributed by atoms with Gasteiger partial charge in [-0.1, -0.05) is 53.4 Å². The SMILES string of the molecule is CCCCOCN(COCCCC)c1nc(Br)nc(N(COCCCC)COCCCC)n1. The van der Waals surface area contributed by atoms with Crippen LogP contribution < -0.4 is 9.80 Å². The molecule has 0 unspecified atom stereocenters. The van der Waals surface area contributed by atoms with E-state index in [4.69, 9.17) is 23.9 Å². The maximum Gasteiger partial charge on any atom is 0.234 e. The fourth-order valence-corrected chi connectivity index (χ4v) is 2.92. The van der Waals surface area contributed by atoms with E-state index in [9.17, 15) is 0 Å². The molecule has 0 radical (unpaired) electrons. The molecule has 1 heterocycles. The predicted octanol–water partition coefficient (Wildman–Crippen LogP) is 5.34. The lowest BCUT2D eigenvalue weighted by molar-refractivity contribution is 0.0794. The van der Waals surface area contributed by atoms with E-state index in [2.05, 4.69) is 53.6 Å². The molecule has 0 amide bonds. The van der Waals surface area contributed by atoms with E-state index in [1.54, 1.807) is 0 Å². The number of nitrogens with zero attached hydrogens (tertiary/aromatic N) is 5. The van der Waals surface area contributed by atoms with E-state index in [1.807, 2.05) is 9.80 Å². The minimum absolute atomic E-state index is 0.349. The zero-order valence-corrected chi connectivity index (χ0v) is 22.6. The molecule has 0 saturated heterocycles. The van der Waals surface area contributed by atoms with Crippen molar-refractivity contribution >= 4 is 27.8 Å². The van der Waals surface area contributed by atoms with Crippen molar-refractivity contribution in [2.75, 3.05) is 63.2 Å². The Labute approximate surface area is 208 Å². The molecule has 10 heteroatoms. The van der Waals surface area contributed by atoms with E-state index in [0.29, 0.717) is 70.0 Å². The van der Waals surface area contributed by atoms with Crippen LogP contribution in [0, 0.1) is 0 Å². The lowest BCUT2D eigenvalue weighted by Crippen LogP contribution is -2.34. The van der Waals surface area contributed by atoms with Gasteiger partial charge in [0.1, 0.15) is 26.9 Å². The second-order valence-electron chi connectivity index (χ2n) is 7.85. The first kappa shape index (κ1) is 30.0. The molecule has 9 nitrogen and oxygen atoms in total. The second kappa shape index (κ2) is 20.3. The molecule has 0 aliphatic carbocycles. The summed E-state index contributed by atoms with van der Waals surface area (Å²) in [6, 6.07) is 0. The van der Waals surface area contributed by atoms with Gasteiger partial charge in [-0.25, -0.2) is 0 Å². The van der Waals surface area contributed by atoms with Crippen LogP contribution in [0.2, 0.25) is 0 Å². The van der Waals surface area contributed by atoms with Crippen molar-refractivity contribution in [3.8, 4) is 0 Å². The van der Waals surface area contributed by atoms with Gasteiger partial charge in [-0.3, -0.25) is 9.80 Å². The third-order valence-electron chi connectivity index (χ3n) is 4.71. The quantitative estimate of drug-likeness (QED) is 0.145. The summed E-state index contributed by atoms with van der Waals surface area (Å²) in [6.07, 6.45) is 8.37. The number of hydrogen-bond acceptors (Lipinski definition) is 9. The fraction of sp³-hybridized carbons (Fsp3) is 0.870. The summed E-state index contributed by atoms with van der Waals surface area (Å²) >= 11 is 3.44. The van der Waals surface area contributed by atoms with Crippen LogP contribution in [0.3, 0.4) is 0 Å². The molecule has 0 bridgehead atoms. The first-order valence-corrected chi connectivity index (χ1v) is 13.2. The Kier molecular flexibility index (Phi) is 18.4. The van der Waals surface area contributed by atoms with Crippen molar-refractivity contribution < 1.29 is 18.9 Å². The van der Waals surface area contributed by atoms with Crippen molar-refractivity contribution in [1.29, 1.82) is 0 Å². The standard InChI is InChI=1S/C23H44BrN5O4/c1-5-9-13-30-17-28(18-31-14-10-6-2)22-25-21(24)26-23(27-22)29(19-32-15-11-7-3)20-33-16-12-8-4/h5-20H2,1-4H3. The summed E-state index contributed by atoms with van der Waals surface area (Å²) < 4.78 is 23.8. The number of ether oxygens (including phenoxy) is 4. The highest BCUT2D eigenvalue weighted by atomic mass is 79.9. The molecule has 0 aliphatic rings. The number of hydrogen-bond donors (Lipinski definition) is 0. The number of aromatic nitrogens is 3. The Hall–Kier alpha value is -1.07. The monoisotopic (exact) mass is 533 g/mol. The molecule has 0 spiro atoms.